The third kappa shape index (κ3) is 4.92. The van der Waals surface area contributed by atoms with Crippen molar-refractivity contribution in [1.82, 2.24) is 0 Å². The van der Waals surface area contributed by atoms with Gasteiger partial charge in [-0.1, -0.05) is 12.8 Å². The van der Waals surface area contributed by atoms with Crippen LogP contribution < -0.4 is 4.74 Å². The smallest absolute Gasteiger partial charge is 0.384 e. The van der Waals surface area contributed by atoms with Gasteiger partial charge < -0.3 is 9.47 Å². The van der Waals surface area contributed by atoms with E-state index < -0.39 is 5.97 Å². The third-order valence-electron chi connectivity index (χ3n) is 2.35. The first kappa shape index (κ1) is 14.1. The lowest BCUT2D eigenvalue weighted by Crippen LogP contribution is -2.09. The Bertz CT molecular complexity index is 437. The molecule has 0 aromatic heterocycles. The summed E-state index contributed by atoms with van der Waals surface area (Å²) in [6.45, 7) is 6.19. The second kappa shape index (κ2) is 7.39. The molecular formula is C15H18O3. The maximum Gasteiger partial charge on any atom is 0.384 e. The third-order valence-corrected chi connectivity index (χ3v) is 2.35. The van der Waals surface area contributed by atoms with Crippen molar-refractivity contribution in [3.8, 4) is 17.6 Å². The fourth-order valence-corrected chi connectivity index (χ4v) is 1.22. The lowest BCUT2D eigenvalue weighted by molar-refractivity contribution is -0.136. The van der Waals surface area contributed by atoms with E-state index in [2.05, 4.69) is 18.8 Å². The van der Waals surface area contributed by atoms with E-state index in [1.807, 2.05) is 31.2 Å². The van der Waals surface area contributed by atoms with Gasteiger partial charge in [0.05, 0.1) is 12.7 Å². The van der Waals surface area contributed by atoms with E-state index in [4.69, 9.17) is 9.47 Å². The zero-order valence-electron chi connectivity index (χ0n) is 11.0. The number of hydrogen-bond acceptors (Lipinski definition) is 3. The molecule has 0 aliphatic rings. The van der Waals surface area contributed by atoms with E-state index in [0.29, 0.717) is 6.61 Å². The zero-order valence-corrected chi connectivity index (χ0v) is 11.0. The van der Waals surface area contributed by atoms with Gasteiger partial charge in [0, 0.05) is 11.5 Å². The van der Waals surface area contributed by atoms with E-state index in [1.54, 1.807) is 6.92 Å². The van der Waals surface area contributed by atoms with Crippen molar-refractivity contribution < 1.29 is 14.3 Å². The zero-order chi connectivity index (χ0) is 13.4. The van der Waals surface area contributed by atoms with Crippen LogP contribution in [0.3, 0.4) is 0 Å². The van der Waals surface area contributed by atoms with Crippen molar-refractivity contribution in [1.29, 1.82) is 0 Å². The van der Waals surface area contributed by atoms with Crippen molar-refractivity contribution in [3.05, 3.63) is 29.8 Å². The molecule has 0 radical (unpaired) electrons. The number of carbonyl (C=O) groups excluding carboxylic acids is 1. The maximum atomic E-state index is 11.0. The van der Waals surface area contributed by atoms with Crippen LogP contribution in [-0.4, -0.2) is 18.7 Å². The normalized spacial score (nSPS) is 11.1. The predicted molar refractivity (Wildman–Crippen MR) is 70.3 cm³/mol. The summed E-state index contributed by atoms with van der Waals surface area (Å²) < 4.78 is 10.4. The molecule has 1 atom stereocenters. The van der Waals surface area contributed by atoms with Gasteiger partial charge in [-0.25, -0.2) is 4.79 Å². The molecule has 3 nitrogen and oxygen atoms in total. The summed E-state index contributed by atoms with van der Waals surface area (Å²) in [5.41, 5.74) is 0.763. The molecule has 96 valence electrons. The van der Waals surface area contributed by atoms with Crippen LogP contribution in [0.15, 0.2) is 24.3 Å². The number of esters is 1. The van der Waals surface area contributed by atoms with Gasteiger partial charge in [0.15, 0.2) is 0 Å². The predicted octanol–water partition coefficient (Wildman–Crippen LogP) is 2.78. The molecule has 18 heavy (non-hydrogen) atoms. The highest BCUT2D eigenvalue weighted by Crippen LogP contribution is 2.14. The van der Waals surface area contributed by atoms with Crippen LogP contribution in [0.2, 0.25) is 0 Å². The van der Waals surface area contributed by atoms with Crippen LogP contribution in [0, 0.1) is 11.8 Å². The summed E-state index contributed by atoms with van der Waals surface area (Å²) in [6, 6.07) is 7.34. The highest BCUT2D eigenvalue weighted by atomic mass is 16.5. The van der Waals surface area contributed by atoms with E-state index in [1.165, 1.54) is 0 Å². The number of ether oxygens (including phenoxy) is 2. The molecule has 0 amide bonds. The van der Waals surface area contributed by atoms with Crippen LogP contribution in [-0.2, 0) is 9.53 Å². The van der Waals surface area contributed by atoms with Gasteiger partial charge in [-0.2, -0.15) is 0 Å². The first-order chi connectivity index (χ1) is 8.65. The fraction of sp³-hybridized carbons (Fsp3) is 0.400. The van der Waals surface area contributed by atoms with Crippen LogP contribution in [0.4, 0.5) is 0 Å². The first-order valence-electron chi connectivity index (χ1n) is 6.11. The molecule has 0 fully saturated rings. The topological polar surface area (TPSA) is 35.5 Å². The molecule has 0 aliphatic carbocycles. The average Bonchev–Trinajstić information content (AvgIpc) is 2.38. The van der Waals surface area contributed by atoms with Crippen LogP contribution in [0.25, 0.3) is 0 Å². The fourth-order valence-electron chi connectivity index (χ4n) is 1.22. The number of hydrogen-bond donors (Lipinski definition) is 0. The monoisotopic (exact) mass is 246 g/mol. The molecule has 0 saturated carbocycles. The summed E-state index contributed by atoms with van der Waals surface area (Å²) in [5, 5.41) is 0. The van der Waals surface area contributed by atoms with Crippen molar-refractivity contribution in [2.24, 2.45) is 0 Å². The quantitative estimate of drug-likeness (QED) is 0.605. The van der Waals surface area contributed by atoms with Gasteiger partial charge in [-0.15, -0.1) is 0 Å². The lowest BCUT2D eigenvalue weighted by atomic mass is 10.2. The first-order valence-corrected chi connectivity index (χ1v) is 6.11. The highest BCUT2D eigenvalue weighted by Gasteiger charge is 2.00. The van der Waals surface area contributed by atoms with Crippen LogP contribution in [0.5, 0.6) is 5.75 Å². The minimum absolute atomic E-state index is 0.196. The molecule has 0 aliphatic heterocycles. The van der Waals surface area contributed by atoms with Gasteiger partial charge >= 0.3 is 5.97 Å². The average molecular weight is 246 g/mol. The Morgan fingerprint density at radius 2 is 1.94 bits per heavy atom. The van der Waals surface area contributed by atoms with Gasteiger partial charge in [0.2, 0.25) is 0 Å². The summed E-state index contributed by atoms with van der Waals surface area (Å²) in [7, 11) is 0. The van der Waals surface area contributed by atoms with Crippen molar-refractivity contribution in [2.75, 3.05) is 6.61 Å². The molecule has 1 aromatic rings. The van der Waals surface area contributed by atoms with Gasteiger partial charge in [-0.3, -0.25) is 0 Å². The highest BCUT2D eigenvalue weighted by molar-refractivity contribution is 5.89. The summed E-state index contributed by atoms with van der Waals surface area (Å²) in [6.07, 6.45) is 1.16. The largest absolute Gasteiger partial charge is 0.491 e. The SMILES string of the molecule is CCOC(=O)C#Cc1ccc(OC(C)CC)cc1. The van der Waals surface area contributed by atoms with Crippen molar-refractivity contribution in [2.45, 2.75) is 33.3 Å². The van der Waals surface area contributed by atoms with E-state index in [0.717, 1.165) is 17.7 Å². The molecule has 0 bridgehead atoms. The summed E-state index contributed by atoms with van der Waals surface area (Å²) in [5.74, 6) is 5.47. The molecule has 0 spiro atoms. The second-order valence-electron chi connectivity index (χ2n) is 3.83. The Hall–Kier alpha value is -1.95. The molecule has 1 rings (SSSR count). The van der Waals surface area contributed by atoms with Crippen LogP contribution >= 0.6 is 0 Å². The number of rotatable bonds is 4. The molecule has 1 unspecified atom stereocenters. The molecule has 0 saturated heterocycles. The van der Waals surface area contributed by atoms with E-state index in [9.17, 15) is 4.79 Å². The Morgan fingerprint density at radius 1 is 1.28 bits per heavy atom. The van der Waals surface area contributed by atoms with Gasteiger partial charge in [-0.05, 0) is 44.5 Å². The molecule has 0 N–H and O–H groups in total. The number of benzene rings is 1. The minimum atomic E-state index is -0.502. The van der Waals surface area contributed by atoms with Crippen molar-refractivity contribution >= 4 is 5.97 Å². The van der Waals surface area contributed by atoms with Crippen molar-refractivity contribution in [3.63, 3.8) is 0 Å². The van der Waals surface area contributed by atoms with E-state index >= 15 is 0 Å². The Morgan fingerprint density at radius 3 is 2.50 bits per heavy atom. The standard InChI is InChI=1S/C15H18O3/c1-4-12(3)18-14-9-6-13(7-10-14)8-11-15(16)17-5-2/h6-7,9-10,12H,4-5H2,1-3H3. The van der Waals surface area contributed by atoms with E-state index in [-0.39, 0.29) is 6.10 Å². The molecular weight excluding hydrogens is 228 g/mol. The lowest BCUT2D eigenvalue weighted by Gasteiger charge is -2.11. The Kier molecular flexibility index (Phi) is 5.79. The molecule has 0 heterocycles. The van der Waals surface area contributed by atoms with Crippen LogP contribution in [0.1, 0.15) is 32.8 Å². The Labute approximate surface area is 108 Å². The van der Waals surface area contributed by atoms with Gasteiger partial charge in [0.25, 0.3) is 0 Å². The second-order valence-corrected chi connectivity index (χ2v) is 3.83. The Balaban J connectivity index is 2.62. The summed E-state index contributed by atoms with van der Waals surface area (Å²) in [4.78, 5) is 11.0. The van der Waals surface area contributed by atoms with Gasteiger partial charge in [0.1, 0.15) is 5.75 Å². The molecule has 3 heteroatoms. The maximum absolute atomic E-state index is 11.0. The summed E-state index contributed by atoms with van der Waals surface area (Å²) >= 11 is 0. The molecule has 1 aromatic carbocycles. The minimum Gasteiger partial charge on any atom is -0.491 e. The number of carbonyl (C=O) groups is 1.